The molecule has 1 heterocycles. The van der Waals surface area contributed by atoms with Crippen LogP contribution in [-0.4, -0.2) is 24.7 Å². The van der Waals surface area contributed by atoms with Crippen LogP contribution in [0.4, 0.5) is 5.69 Å². The van der Waals surface area contributed by atoms with E-state index in [0.717, 1.165) is 11.4 Å². The minimum atomic E-state index is 0.326. The van der Waals surface area contributed by atoms with Gasteiger partial charge in [0.2, 0.25) is 0 Å². The molecular formula is C10H16N2O. The van der Waals surface area contributed by atoms with E-state index < -0.39 is 0 Å². The number of nitrogens with zero attached hydrogens (tertiary/aromatic N) is 1. The molecular weight excluding hydrogens is 164 g/mol. The summed E-state index contributed by atoms with van der Waals surface area (Å²) in [5.74, 6) is 0. The Morgan fingerprint density at radius 2 is 2.38 bits per heavy atom. The number of aromatic nitrogens is 1. The number of rotatable bonds is 4. The minimum Gasteiger partial charge on any atom is -0.383 e. The summed E-state index contributed by atoms with van der Waals surface area (Å²) >= 11 is 0. The zero-order valence-electron chi connectivity index (χ0n) is 8.37. The molecule has 1 aromatic rings. The Morgan fingerprint density at radius 1 is 1.62 bits per heavy atom. The molecule has 13 heavy (non-hydrogen) atoms. The fourth-order valence-electron chi connectivity index (χ4n) is 1.21. The Kier molecular flexibility index (Phi) is 3.71. The molecule has 1 N–H and O–H groups in total. The topological polar surface area (TPSA) is 34.1 Å². The fraction of sp³-hybridized carbons (Fsp3) is 0.500. The molecule has 0 radical (unpaired) electrons. The molecule has 0 aliphatic rings. The van der Waals surface area contributed by atoms with Crippen molar-refractivity contribution in [2.75, 3.05) is 19.0 Å². The number of hydrogen-bond acceptors (Lipinski definition) is 3. The quantitative estimate of drug-likeness (QED) is 0.767. The van der Waals surface area contributed by atoms with E-state index >= 15 is 0 Å². The van der Waals surface area contributed by atoms with Crippen LogP contribution in [0, 0.1) is 6.92 Å². The molecule has 0 saturated carbocycles. The van der Waals surface area contributed by atoms with E-state index in [-0.39, 0.29) is 0 Å². The van der Waals surface area contributed by atoms with Crippen molar-refractivity contribution in [3.63, 3.8) is 0 Å². The summed E-state index contributed by atoms with van der Waals surface area (Å²) in [6.07, 6.45) is 1.80. The SMILES string of the molecule is COCC(C)Nc1ccnc(C)c1. The van der Waals surface area contributed by atoms with Crippen LogP contribution in [0.1, 0.15) is 12.6 Å². The summed E-state index contributed by atoms with van der Waals surface area (Å²) in [4.78, 5) is 4.12. The van der Waals surface area contributed by atoms with E-state index in [0.29, 0.717) is 12.6 Å². The highest BCUT2D eigenvalue weighted by molar-refractivity contribution is 5.43. The lowest BCUT2D eigenvalue weighted by Crippen LogP contribution is -2.20. The molecule has 72 valence electrons. The van der Waals surface area contributed by atoms with E-state index in [1.54, 1.807) is 13.3 Å². The molecule has 0 amide bonds. The summed E-state index contributed by atoms with van der Waals surface area (Å²) in [5.41, 5.74) is 2.12. The zero-order valence-corrected chi connectivity index (χ0v) is 8.37. The second-order valence-electron chi connectivity index (χ2n) is 3.19. The van der Waals surface area contributed by atoms with E-state index in [4.69, 9.17) is 4.74 Å². The molecule has 1 unspecified atom stereocenters. The first-order valence-corrected chi connectivity index (χ1v) is 4.40. The molecule has 0 fully saturated rings. The van der Waals surface area contributed by atoms with Crippen LogP contribution in [-0.2, 0) is 4.74 Å². The summed E-state index contributed by atoms with van der Waals surface area (Å²) < 4.78 is 5.03. The predicted octanol–water partition coefficient (Wildman–Crippen LogP) is 1.84. The summed E-state index contributed by atoms with van der Waals surface area (Å²) in [6, 6.07) is 4.30. The molecule has 3 nitrogen and oxygen atoms in total. The van der Waals surface area contributed by atoms with Crippen molar-refractivity contribution in [2.45, 2.75) is 19.9 Å². The maximum atomic E-state index is 5.03. The lowest BCUT2D eigenvalue weighted by molar-refractivity contribution is 0.190. The standard InChI is InChI=1S/C10H16N2O/c1-8-6-10(4-5-11-8)12-9(2)7-13-3/h4-6,9H,7H2,1-3H3,(H,11,12). The minimum absolute atomic E-state index is 0.326. The molecule has 0 bridgehead atoms. The number of aryl methyl sites for hydroxylation is 1. The third-order valence-electron chi connectivity index (χ3n) is 1.73. The number of pyridine rings is 1. The van der Waals surface area contributed by atoms with Crippen LogP contribution in [0.3, 0.4) is 0 Å². The summed E-state index contributed by atoms with van der Waals surface area (Å²) in [6.45, 7) is 4.77. The average molecular weight is 180 g/mol. The molecule has 0 aliphatic carbocycles. The molecule has 0 aliphatic heterocycles. The maximum absolute atomic E-state index is 5.03. The van der Waals surface area contributed by atoms with Crippen molar-refractivity contribution in [1.82, 2.24) is 4.98 Å². The lowest BCUT2D eigenvalue weighted by atomic mass is 10.3. The van der Waals surface area contributed by atoms with Crippen molar-refractivity contribution in [3.05, 3.63) is 24.0 Å². The van der Waals surface area contributed by atoms with Crippen LogP contribution < -0.4 is 5.32 Å². The van der Waals surface area contributed by atoms with Crippen molar-refractivity contribution < 1.29 is 4.74 Å². The van der Waals surface area contributed by atoms with Gasteiger partial charge in [-0.25, -0.2) is 0 Å². The van der Waals surface area contributed by atoms with E-state index in [1.165, 1.54) is 0 Å². The normalized spacial score (nSPS) is 12.5. The number of nitrogens with one attached hydrogen (secondary N) is 1. The Balaban J connectivity index is 2.53. The van der Waals surface area contributed by atoms with Crippen molar-refractivity contribution >= 4 is 5.69 Å². The highest BCUT2D eigenvalue weighted by Gasteiger charge is 2.00. The molecule has 0 saturated heterocycles. The van der Waals surface area contributed by atoms with Crippen molar-refractivity contribution in [2.24, 2.45) is 0 Å². The summed E-state index contributed by atoms with van der Waals surface area (Å²) in [5, 5.41) is 3.32. The maximum Gasteiger partial charge on any atom is 0.0661 e. The largest absolute Gasteiger partial charge is 0.383 e. The second kappa shape index (κ2) is 4.82. The highest BCUT2D eigenvalue weighted by atomic mass is 16.5. The molecule has 0 spiro atoms. The van der Waals surface area contributed by atoms with Gasteiger partial charge in [-0.3, -0.25) is 4.98 Å². The van der Waals surface area contributed by atoms with Gasteiger partial charge in [-0.2, -0.15) is 0 Å². The van der Waals surface area contributed by atoms with Gasteiger partial charge in [-0.1, -0.05) is 0 Å². The van der Waals surface area contributed by atoms with Gasteiger partial charge in [0.15, 0.2) is 0 Å². The third kappa shape index (κ3) is 3.42. The van der Waals surface area contributed by atoms with Gasteiger partial charge in [-0.05, 0) is 26.0 Å². The van der Waals surface area contributed by atoms with Crippen LogP contribution >= 0.6 is 0 Å². The van der Waals surface area contributed by atoms with Gasteiger partial charge >= 0.3 is 0 Å². The van der Waals surface area contributed by atoms with Crippen LogP contribution in [0.15, 0.2) is 18.3 Å². The van der Waals surface area contributed by atoms with Crippen molar-refractivity contribution in [1.29, 1.82) is 0 Å². The number of methoxy groups -OCH3 is 1. The average Bonchev–Trinajstić information content (AvgIpc) is 2.04. The fourth-order valence-corrected chi connectivity index (χ4v) is 1.21. The molecule has 1 aromatic heterocycles. The summed E-state index contributed by atoms with van der Waals surface area (Å²) in [7, 11) is 1.70. The number of hydrogen-bond donors (Lipinski definition) is 1. The molecule has 3 heteroatoms. The van der Waals surface area contributed by atoms with Gasteiger partial charge < -0.3 is 10.1 Å². The molecule has 1 atom stereocenters. The van der Waals surface area contributed by atoms with E-state index in [1.807, 2.05) is 19.1 Å². The first-order chi connectivity index (χ1) is 6.22. The van der Waals surface area contributed by atoms with Gasteiger partial charge in [0.25, 0.3) is 0 Å². The third-order valence-corrected chi connectivity index (χ3v) is 1.73. The van der Waals surface area contributed by atoms with E-state index in [2.05, 4.69) is 17.2 Å². The van der Waals surface area contributed by atoms with Gasteiger partial charge in [0.1, 0.15) is 0 Å². The van der Waals surface area contributed by atoms with Crippen LogP contribution in [0.25, 0.3) is 0 Å². The zero-order chi connectivity index (χ0) is 9.68. The van der Waals surface area contributed by atoms with Crippen molar-refractivity contribution in [3.8, 4) is 0 Å². The Labute approximate surface area is 79.1 Å². The second-order valence-corrected chi connectivity index (χ2v) is 3.19. The highest BCUT2D eigenvalue weighted by Crippen LogP contribution is 2.08. The smallest absolute Gasteiger partial charge is 0.0661 e. The van der Waals surface area contributed by atoms with E-state index in [9.17, 15) is 0 Å². The van der Waals surface area contributed by atoms with Gasteiger partial charge in [0.05, 0.1) is 6.61 Å². The van der Waals surface area contributed by atoms with Gasteiger partial charge in [0, 0.05) is 30.7 Å². The van der Waals surface area contributed by atoms with Gasteiger partial charge in [-0.15, -0.1) is 0 Å². The first-order valence-electron chi connectivity index (χ1n) is 4.40. The molecule has 0 aromatic carbocycles. The number of anilines is 1. The Hall–Kier alpha value is -1.09. The monoisotopic (exact) mass is 180 g/mol. The molecule has 1 rings (SSSR count). The Morgan fingerprint density at radius 3 is 3.00 bits per heavy atom. The Bertz CT molecular complexity index is 263. The lowest BCUT2D eigenvalue weighted by Gasteiger charge is -2.13. The van der Waals surface area contributed by atoms with Crippen LogP contribution in [0.5, 0.6) is 0 Å². The van der Waals surface area contributed by atoms with Crippen LogP contribution in [0.2, 0.25) is 0 Å². The number of ether oxygens (including phenoxy) is 1. The predicted molar refractivity (Wildman–Crippen MR) is 53.9 cm³/mol. The first kappa shape index (κ1) is 9.99.